The van der Waals surface area contributed by atoms with Gasteiger partial charge in [-0.05, 0) is 6.42 Å². The lowest BCUT2D eigenvalue weighted by atomic mass is 10.1. The van der Waals surface area contributed by atoms with Crippen molar-refractivity contribution in [3.63, 3.8) is 0 Å². The van der Waals surface area contributed by atoms with E-state index in [-0.39, 0.29) is 24.4 Å². The molecule has 0 bridgehead atoms. The molecule has 0 aromatic carbocycles. The molecule has 0 radical (unpaired) electrons. The van der Waals surface area contributed by atoms with E-state index in [1.54, 1.807) is 0 Å². The fraction of sp³-hybridized carbons (Fsp3) is 0.875. The number of hydrogen-bond acceptors (Lipinski definition) is 3. The highest BCUT2D eigenvalue weighted by Crippen LogP contribution is 2.10. The van der Waals surface area contributed by atoms with Crippen LogP contribution in [-0.2, 0) is 9.59 Å². The van der Waals surface area contributed by atoms with Crippen molar-refractivity contribution < 1.29 is 25.3 Å². The van der Waals surface area contributed by atoms with Crippen LogP contribution in [0.15, 0.2) is 0 Å². The van der Waals surface area contributed by atoms with E-state index in [2.05, 4.69) is 12.2 Å². The van der Waals surface area contributed by atoms with Gasteiger partial charge in [0.25, 0.3) is 0 Å². The Morgan fingerprint density at radius 1 is 0.955 bits per heavy atom. The first kappa shape index (κ1) is 23.1. The van der Waals surface area contributed by atoms with E-state index >= 15 is 0 Å². The predicted molar refractivity (Wildman–Crippen MR) is 86.7 cm³/mol. The van der Waals surface area contributed by atoms with Crippen molar-refractivity contribution in [1.29, 1.82) is 0 Å². The fourth-order valence-electron chi connectivity index (χ4n) is 2.25. The first-order valence-corrected chi connectivity index (χ1v) is 8.24. The number of amides is 1. The number of carbonyl (C=O) groups is 2. The number of hydrogen-bond donors (Lipinski definition) is 3. The van der Waals surface area contributed by atoms with Crippen LogP contribution in [0.3, 0.4) is 0 Å². The molecule has 0 aliphatic heterocycles. The van der Waals surface area contributed by atoms with Crippen LogP contribution < -0.4 is 5.32 Å². The fourth-order valence-corrected chi connectivity index (χ4v) is 2.25. The van der Waals surface area contributed by atoms with Crippen molar-refractivity contribution in [2.24, 2.45) is 0 Å². The van der Waals surface area contributed by atoms with Gasteiger partial charge >= 0.3 is 5.97 Å². The van der Waals surface area contributed by atoms with Crippen molar-refractivity contribution in [3.8, 4) is 0 Å². The number of carbonyl (C=O) groups excluding carboxylic acids is 1. The summed E-state index contributed by atoms with van der Waals surface area (Å²) in [4.78, 5) is 22.4. The Morgan fingerprint density at radius 2 is 1.45 bits per heavy atom. The second-order valence-electron chi connectivity index (χ2n) is 5.55. The first-order chi connectivity index (χ1) is 10.1. The second-order valence-corrected chi connectivity index (χ2v) is 5.55. The number of carboxylic acid groups (broad SMARTS) is 1. The Labute approximate surface area is 133 Å². The minimum atomic E-state index is -1.09. The highest BCUT2D eigenvalue weighted by atomic mass is 16.4. The van der Waals surface area contributed by atoms with Crippen molar-refractivity contribution >= 4 is 11.9 Å². The molecule has 6 heteroatoms. The Morgan fingerprint density at radius 3 is 1.91 bits per heavy atom. The van der Waals surface area contributed by atoms with Gasteiger partial charge in [-0.1, -0.05) is 58.3 Å². The van der Waals surface area contributed by atoms with Gasteiger partial charge < -0.3 is 21.0 Å². The van der Waals surface area contributed by atoms with Gasteiger partial charge in [0.05, 0.1) is 0 Å². The van der Waals surface area contributed by atoms with Crippen molar-refractivity contribution in [2.45, 2.75) is 83.6 Å². The summed E-state index contributed by atoms with van der Waals surface area (Å²) in [7, 11) is 0. The average molecular weight is 319 g/mol. The minimum Gasteiger partial charge on any atom is -0.480 e. The molecule has 0 heterocycles. The van der Waals surface area contributed by atoms with Gasteiger partial charge in [-0.15, -0.1) is 0 Å². The maximum atomic E-state index is 11.6. The van der Waals surface area contributed by atoms with Crippen LogP contribution in [0.5, 0.6) is 0 Å². The number of aliphatic hydroxyl groups is 1. The van der Waals surface area contributed by atoms with E-state index in [1.165, 1.54) is 38.5 Å². The minimum absolute atomic E-state index is 0. The van der Waals surface area contributed by atoms with Gasteiger partial charge in [-0.2, -0.15) is 0 Å². The number of unbranched alkanes of at least 4 members (excludes halogenated alkanes) is 8. The van der Waals surface area contributed by atoms with Crippen molar-refractivity contribution in [1.82, 2.24) is 5.32 Å². The van der Waals surface area contributed by atoms with E-state index < -0.39 is 12.0 Å². The molecule has 0 aromatic heterocycles. The normalized spacial score (nSPS) is 11.5. The number of aliphatic hydroxyl groups excluding tert-OH is 1. The molecule has 0 saturated heterocycles. The zero-order chi connectivity index (χ0) is 15.9. The molecule has 1 amide bonds. The molecule has 0 aliphatic carbocycles. The lowest BCUT2D eigenvalue weighted by molar-refractivity contribution is -0.142. The summed E-state index contributed by atoms with van der Waals surface area (Å²) in [6.45, 7) is 1.97. The van der Waals surface area contributed by atoms with Crippen LogP contribution in [0.1, 0.15) is 77.6 Å². The predicted octanol–water partition coefficient (Wildman–Crippen LogP) is 2.03. The molecule has 0 fully saturated rings. The highest BCUT2D eigenvalue weighted by Gasteiger charge is 2.18. The van der Waals surface area contributed by atoms with E-state index in [1.807, 2.05) is 0 Å². The molecule has 0 aliphatic rings. The van der Waals surface area contributed by atoms with Gasteiger partial charge in [0.15, 0.2) is 0 Å². The van der Waals surface area contributed by atoms with Crippen molar-refractivity contribution in [3.05, 3.63) is 0 Å². The zero-order valence-corrected chi connectivity index (χ0v) is 13.8. The summed E-state index contributed by atoms with van der Waals surface area (Å²) in [6, 6.07) is -0.971. The Bertz CT molecular complexity index is 284. The SMILES string of the molecule is CCCCCCCCCCCC(=O)NC(CCO)C(=O)O.O. The van der Waals surface area contributed by atoms with Gasteiger partial charge in [-0.3, -0.25) is 4.79 Å². The smallest absolute Gasteiger partial charge is 0.326 e. The van der Waals surface area contributed by atoms with Crippen LogP contribution in [0.4, 0.5) is 0 Å². The number of rotatable bonds is 14. The summed E-state index contributed by atoms with van der Waals surface area (Å²) in [5.74, 6) is -1.33. The summed E-state index contributed by atoms with van der Waals surface area (Å²) in [5.41, 5.74) is 0. The van der Waals surface area contributed by atoms with Gasteiger partial charge in [0.2, 0.25) is 5.91 Å². The van der Waals surface area contributed by atoms with E-state index in [0.29, 0.717) is 6.42 Å². The number of aliphatic carboxylic acids is 1. The Hall–Kier alpha value is -1.14. The molecular weight excluding hydrogens is 286 g/mol. The van der Waals surface area contributed by atoms with Crippen LogP contribution in [0.2, 0.25) is 0 Å². The summed E-state index contributed by atoms with van der Waals surface area (Å²) in [6.07, 6.45) is 11.1. The van der Waals surface area contributed by atoms with Crippen LogP contribution in [0, 0.1) is 0 Å². The van der Waals surface area contributed by atoms with Crippen molar-refractivity contribution in [2.75, 3.05) is 6.61 Å². The molecule has 1 unspecified atom stereocenters. The lowest BCUT2D eigenvalue weighted by Gasteiger charge is -2.12. The Balaban J connectivity index is 0. The van der Waals surface area contributed by atoms with Gasteiger partial charge in [-0.25, -0.2) is 4.79 Å². The third-order valence-corrected chi connectivity index (χ3v) is 3.56. The summed E-state index contributed by atoms with van der Waals surface area (Å²) in [5, 5.41) is 20.0. The second kappa shape index (κ2) is 16.2. The monoisotopic (exact) mass is 319 g/mol. The average Bonchev–Trinajstić information content (AvgIpc) is 2.45. The van der Waals surface area contributed by atoms with E-state index in [0.717, 1.165) is 19.3 Å². The molecule has 5 N–H and O–H groups in total. The molecule has 132 valence electrons. The van der Waals surface area contributed by atoms with Gasteiger partial charge in [0, 0.05) is 19.4 Å². The summed E-state index contributed by atoms with van der Waals surface area (Å²) < 4.78 is 0. The molecule has 0 spiro atoms. The zero-order valence-electron chi connectivity index (χ0n) is 13.8. The maximum Gasteiger partial charge on any atom is 0.326 e. The lowest BCUT2D eigenvalue weighted by Crippen LogP contribution is -2.41. The van der Waals surface area contributed by atoms with Gasteiger partial charge in [0.1, 0.15) is 6.04 Å². The van der Waals surface area contributed by atoms with Crippen LogP contribution >= 0.6 is 0 Å². The first-order valence-electron chi connectivity index (χ1n) is 8.24. The molecule has 0 rings (SSSR count). The molecule has 6 nitrogen and oxygen atoms in total. The maximum absolute atomic E-state index is 11.6. The topological polar surface area (TPSA) is 118 Å². The third kappa shape index (κ3) is 13.8. The quantitative estimate of drug-likeness (QED) is 0.424. The van der Waals surface area contributed by atoms with E-state index in [4.69, 9.17) is 10.2 Å². The standard InChI is InChI=1S/C16H31NO4.H2O/c1-2-3-4-5-6-7-8-9-10-11-15(19)17-14(12-13-18)16(20)21;/h14,18H,2-13H2,1H3,(H,17,19)(H,20,21);1H2. The number of nitrogens with one attached hydrogen (secondary N) is 1. The van der Waals surface area contributed by atoms with Crippen LogP contribution in [-0.4, -0.2) is 40.2 Å². The molecule has 22 heavy (non-hydrogen) atoms. The summed E-state index contributed by atoms with van der Waals surface area (Å²) >= 11 is 0. The Kier molecular flexibility index (Phi) is 17.1. The molecule has 0 saturated carbocycles. The third-order valence-electron chi connectivity index (χ3n) is 3.56. The molecular formula is C16H33NO5. The largest absolute Gasteiger partial charge is 0.480 e. The highest BCUT2D eigenvalue weighted by molar-refractivity contribution is 5.83. The van der Waals surface area contributed by atoms with Crippen LogP contribution in [0.25, 0.3) is 0 Å². The van der Waals surface area contributed by atoms with E-state index in [9.17, 15) is 9.59 Å². The molecule has 1 atom stereocenters. The molecule has 0 aromatic rings. The number of carboxylic acids is 1.